The molecule has 0 heterocycles. The number of hydrogen-bond donors (Lipinski definition) is 0. The van der Waals surface area contributed by atoms with Crippen LogP contribution in [0.25, 0.3) is 0 Å². The first kappa shape index (κ1) is 13.4. The van der Waals surface area contributed by atoms with Crippen LogP contribution in [0, 0.1) is 0 Å². The van der Waals surface area contributed by atoms with Gasteiger partial charge < -0.3 is 0 Å². The van der Waals surface area contributed by atoms with Gasteiger partial charge in [0, 0.05) is 15.6 Å². The van der Waals surface area contributed by atoms with Crippen LogP contribution in [0.5, 0.6) is 0 Å². The van der Waals surface area contributed by atoms with Crippen molar-refractivity contribution >= 4 is 40.6 Å². The molecule has 2 aromatic carbocycles. The minimum Gasteiger partial charge on any atom is -0.292 e. The number of benzene rings is 2. The van der Waals surface area contributed by atoms with Gasteiger partial charge in [-0.3, -0.25) is 4.79 Å². The van der Waals surface area contributed by atoms with Crippen LogP contribution in [0.15, 0.2) is 48.5 Å². The van der Waals surface area contributed by atoms with Crippen LogP contribution in [0.3, 0.4) is 0 Å². The van der Waals surface area contributed by atoms with Gasteiger partial charge in [-0.05, 0) is 23.8 Å². The number of alkyl halides is 1. The van der Waals surface area contributed by atoms with Gasteiger partial charge in [0.2, 0.25) is 0 Å². The van der Waals surface area contributed by atoms with E-state index >= 15 is 0 Å². The summed E-state index contributed by atoms with van der Waals surface area (Å²) in [5, 5.41) is 0.103. The summed E-state index contributed by atoms with van der Waals surface area (Å²) in [4.78, 5) is 12.2. The fourth-order valence-electron chi connectivity index (χ4n) is 1.62. The van der Waals surface area contributed by atoms with Gasteiger partial charge >= 0.3 is 0 Å². The topological polar surface area (TPSA) is 17.1 Å². The molecule has 0 aliphatic rings. The minimum atomic E-state index is -0.735. The van der Waals surface area contributed by atoms with E-state index in [1.54, 1.807) is 18.2 Å². The molecule has 0 amide bonds. The van der Waals surface area contributed by atoms with Crippen molar-refractivity contribution in [2.45, 2.75) is 5.38 Å². The van der Waals surface area contributed by atoms with E-state index < -0.39 is 5.38 Å². The summed E-state index contributed by atoms with van der Waals surface area (Å²) in [7, 11) is 0. The number of rotatable bonds is 3. The maximum atomic E-state index is 12.2. The van der Waals surface area contributed by atoms with Crippen molar-refractivity contribution < 1.29 is 4.79 Å². The Bertz CT molecular complexity index is 546. The van der Waals surface area contributed by atoms with Gasteiger partial charge in [0.05, 0.1) is 0 Å². The Hall–Kier alpha value is -1.02. The van der Waals surface area contributed by atoms with Crippen LogP contribution in [0.2, 0.25) is 10.0 Å². The van der Waals surface area contributed by atoms with Crippen LogP contribution in [0.1, 0.15) is 21.3 Å². The SMILES string of the molecule is O=C(c1cc(Cl)cc(Cl)c1)C(Cl)c1ccccc1. The Morgan fingerprint density at radius 3 is 2.06 bits per heavy atom. The molecule has 2 aromatic rings. The molecule has 1 atom stereocenters. The van der Waals surface area contributed by atoms with Gasteiger partial charge in [-0.25, -0.2) is 0 Å². The van der Waals surface area contributed by atoms with Crippen molar-refractivity contribution in [3.63, 3.8) is 0 Å². The fraction of sp³-hybridized carbons (Fsp3) is 0.0714. The lowest BCUT2D eigenvalue weighted by atomic mass is 10.0. The van der Waals surface area contributed by atoms with E-state index in [1.807, 2.05) is 30.3 Å². The van der Waals surface area contributed by atoms with Gasteiger partial charge in [-0.2, -0.15) is 0 Å². The number of Topliss-reactive ketones (excluding diaryl/α,β-unsaturated/α-hetero) is 1. The Balaban J connectivity index is 2.31. The van der Waals surface area contributed by atoms with Crippen molar-refractivity contribution in [1.82, 2.24) is 0 Å². The van der Waals surface area contributed by atoms with Gasteiger partial charge in [-0.15, -0.1) is 11.6 Å². The summed E-state index contributed by atoms with van der Waals surface area (Å²) in [6.07, 6.45) is 0. The first-order valence-electron chi connectivity index (χ1n) is 5.27. The van der Waals surface area contributed by atoms with Gasteiger partial charge in [0.1, 0.15) is 5.38 Å². The Labute approximate surface area is 120 Å². The van der Waals surface area contributed by atoms with Crippen molar-refractivity contribution in [2.24, 2.45) is 0 Å². The van der Waals surface area contributed by atoms with E-state index in [0.717, 1.165) is 5.56 Å². The monoisotopic (exact) mass is 298 g/mol. The zero-order chi connectivity index (χ0) is 13.1. The van der Waals surface area contributed by atoms with E-state index in [1.165, 1.54) is 0 Å². The number of halogens is 3. The molecular weight excluding hydrogens is 291 g/mol. The van der Waals surface area contributed by atoms with Crippen molar-refractivity contribution in [3.05, 3.63) is 69.7 Å². The zero-order valence-electron chi connectivity index (χ0n) is 9.24. The lowest BCUT2D eigenvalue weighted by Crippen LogP contribution is -2.07. The molecule has 0 aliphatic heterocycles. The predicted molar refractivity (Wildman–Crippen MR) is 75.8 cm³/mol. The number of carbonyl (C=O) groups excluding carboxylic acids is 1. The number of ketones is 1. The molecule has 0 spiro atoms. The summed E-state index contributed by atoms with van der Waals surface area (Å²) in [6.45, 7) is 0. The van der Waals surface area contributed by atoms with Crippen LogP contribution < -0.4 is 0 Å². The summed E-state index contributed by atoms with van der Waals surface area (Å²) in [6, 6.07) is 13.9. The number of hydrogen-bond acceptors (Lipinski definition) is 1. The lowest BCUT2D eigenvalue weighted by molar-refractivity contribution is 0.0987. The average Bonchev–Trinajstić information content (AvgIpc) is 2.37. The molecule has 0 saturated carbocycles. The summed E-state index contributed by atoms with van der Waals surface area (Å²) in [5.41, 5.74) is 1.16. The molecule has 0 N–H and O–H groups in total. The highest BCUT2D eigenvalue weighted by atomic mass is 35.5. The van der Waals surface area contributed by atoms with E-state index in [-0.39, 0.29) is 5.78 Å². The Morgan fingerprint density at radius 1 is 0.944 bits per heavy atom. The quantitative estimate of drug-likeness (QED) is 0.565. The molecule has 0 aliphatic carbocycles. The number of carbonyl (C=O) groups is 1. The first-order chi connectivity index (χ1) is 8.58. The third kappa shape index (κ3) is 3.05. The molecule has 1 unspecified atom stereocenters. The average molecular weight is 300 g/mol. The second-order valence-electron chi connectivity index (χ2n) is 3.80. The Kier molecular flexibility index (Phi) is 4.28. The smallest absolute Gasteiger partial charge is 0.185 e. The van der Waals surface area contributed by atoms with E-state index in [2.05, 4.69) is 0 Å². The fourth-order valence-corrected chi connectivity index (χ4v) is 2.41. The van der Waals surface area contributed by atoms with Crippen LogP contribution in [-0.2, 0) is 0 Å². The molecule has 0 aromatic heterocycles. The van der Waals surface area contributed by atoms with Crippen molar-refractivity contribution in [1.29, 1.82) is 0 Å². The summed E-state index contributed by atoms with van der Waals surface area (Å²) >= 11 is 17.9. The van der Waals surface area contributed by atoms with E-state index in [4.69, 9.17) is 34.8 Å². The van der Waals surface area contributed by atoms with Crippen LogP contribution in [-0.4, -0.2) is 5.78 Å². The van der Waals surface area contributed by atoms with Gasteiger partial charge in [0.25, 0.3) is 0 Å². The second kappa shape index (κ2) is 5.75. The molecule has 2 rings (SSSR count). The summed E-state index contributed by atoms with van der Waals surface area (Å²) < 4.78 is 0. The molecule has 0 fully saturated rings. The van der Waals surface area contributed by atoms with Gasteiger partial charge in [-0.1, -0.05) is 53.5 Å². The van der Waals surface area contributed by atoms with E-state index in [9.17, 15) is 4.79 Å². The minimum absolute atomic E-state index is 0.215. The largest absolute Gasteiger partial charge is 0.292 e. The Morgan fingerprint density at radius 2 is 1.50 bits per heavy atom. The van der Waals surface area contributed by atoms with Crippen molar-refractivity contribution in [2.75, 3.05) is 0 Å². The second-order valence-corrected chi connectivity index (χ2v) is 5.10. The molecule has 4 heteroatoms. The van der Waals surface area contributed by atoms with Crippen LogP contribution in [0.4, 0.5) is 0 Å². The molecule has 18 heavy (non-hydrogen) atoms. The molecule has 1 nitrogen and oxygen atoms in total. The highest BCUT2D eigenvalue weighted by Gasteiger charge is 2.19. The maximum absolute atomic E-state index is 12.2. The predicted octanol–water partition coefficient (Wildman–Crippen LogP) is 5.16. The third-order valence-corrected chi connectivity index (χ3v) is 3.36. The molecule has 0 saturated heterocycles. The van der Waals surface area contributed by atoms with E-state index in [0.29, 0.717) is 15.6 Å². The molecule has 0 radical (unpaired) electrons. The standard InChI is InChI=1S/C14H9Cl3O/c15-11-6-10(7-12(16)8-11)14(18)13(17)9-4-2-1-3-5-9/h1-8,13H. The van der Waals surface area contributed by atoms with Crippen molar-refractivity contribution in [3.8, 4) is 0 Å². The molecule has 92 valence electrons. The molecular formula is C14H9Cl3O. The zero-order valence-corrected chi connectivity index (χ0v) is 11.5. The first-order valence-corrected chi connectivity index (χ1v) is 6.46. The lowest BCUT2D eigenvalue weighted by Gasteiger charge is -2.09. The van der Waals surface area contributed by atoms with Crippen LogP contribution >= 0.6 is 34.8 Å². The summed E-state index contributed by atoms with van der Waals surface area (Å²) in [5.74, 6) is -0.215. The van der Waals surface area contributed by atoms with Gasteiger partial charge in [0.15, 0.2) is 5.78 Å². The molecule has 0 bridgehead atoms. The third-order valence-electron chi connectivity index (χ3n) is 2.47. The highest BCUT2D eigenvalue weighted by molar-refractivity contribution is 6.37. The highest BCUT2D eigenvalue weighted by Crippen LogP contribution is 2.27. The normalized spacial score (nSPS) is 12.2. The maximum Gasteiger partial charge on any atom is 0.185 e.